The van der Waals surface area contributed by atoms with Crippen LogP contribution in [0, 0.1) is 5.92 Å². The molecule has 0 aromatic rings. The second-order valence-corrected chi connectivity index (χ2v) is 6.59. The highest BCUT2D eigenvalue weighted by molar-refractivity contribution is 5.88. The van der Waals surface area contributed by atoms with Crippen molar-refractivity contribution in [2.24, 2.45) is 11.7 Å². The van der Waals surface area contributed by atoms with E-state index >= 15 is 0 Å². The molecule has 2 amide bonds. The molecule has 0 spiro atoms. The highest BCUT2D eigenvalue weighted by atomic mass is 16.3. The van der Waals surface area contributed by atoms with E-state index in [1.807, 2.05) is 0 Å². The monoisotopic (exact) mass is 363 g/mol. The Morgan fingerprint density at radius 2 is 1.64 bits per heavy atom. The summed E-state index contributed by atoms with van der Waals surface area (Å²) in [6.07, 6.45) is -1.36. The van der Waals surface area contributed by atoms with E-state index in [2.05, 4.69) is 10.6 Å². The van der Waals surface area contributed by atoms with Crippen LogP contribution in [0.25, 0.3) is 0 Å². The van der Waals surface area contributed by atoms with Crippen LogP contribution >= 0.6 is 0 Å². The number of hydrogen-bond donors (Lipinski definition) is 7. The molecule has 0 fully saturated rings. The Hall–Kier alpha value is -1.26. The molecule has 0 heterocycles. The van der Waals surface area contributed by atoms with Gasteiger partial charge in [0.15, 0.2) is 0 Å². The molecule has 0 saturated heterocycles. The molecule has 0 aliphatic heterocycles. The SMILES string of the molecule is CCC(O)CC(O)C(N)CC(=O)NC(C(=O)NC(CO)CO)C(C)C. The molecule has 9 nitrogen and oxygen atoms in total. The van der Waals surface area contributed by atoms with Gasteiger partial charge in [-0.25, -0.2) is 0 Å². The van der Waals surface area contributed by atoms with Crippen molar-refractivity contribution in [2.45, 2.75) is 70.4 Å². The van der Waals surface area contributed by atoms with Crippen LogP contribution in [0.2, 0.25) is 0 Å². The van der Waals surface area contributed by atoms with Crippen molar-refractivity contribution in [1.82, 2.24) is 10.6 Å². The van der Waals surface area contributed by atoms with Gasteiger partial charge in [0.25, 0.3) is 0 Å². The van der Waals surface area contributed by atoms with Gasteiger partial charge in [-0.05, 0) is 12.3 Å². The second kappa shape index (κ2) is 12.2. The number of aliphatic hydroxyl groups excluding tert-OH is 4. The van der Waals surface area contributed by atoms with E-state index < -0.39 is 55.4 Å². The number of carbonyl (C=O) groups excluding carboxylic acids is 2. The van der Waals surface area contributed by atoms with Crippen LogP contribution in [0.3, 0.4) is 0 Å². The number of hydrogen-bond acceptors (Lipinski definition) is 7. The Bertz CT molecular complexity index is 403. The first kappa shape index (κ1) is 23.7. The van der Waals surface area contributed by atoms with Gasteiger partial charge in [0.2, 0.25) is 11.8 Å². The molecule has 25 heavy (non-hydrogen) atoms. The van der Waals surface area contributed by atoms with Gasteiger partial charge >= 0.3 is 0 Å². The van der Waals surface area contributed by atoms with Gasteiger partial charge in [0, 0.05) is 18.9 Å². The zero-order valence-corrected chi connectivity index (χ0v) is 15.2. The summed E-state index contributed by atoms with van der Waals surface area (Å²) in [5.41, 5.74) is 5.78. The molecule has 0 aliphatic rings. The first-order valence-corrected chi connectivity index (χ1v) is 8.59. The largest absolute Gasteiger partial charge is 0.394 e. The molecule has 0 aromatic carbocycles. The average Bonchev–Trinajstić information content (AvgIpc) is 2.56. The molecule has 0 rings (SSSR count). The Kier molecular flexibility index (Phi) is 11.5. The van der Waals surface area contributed by atoms with E-state index in [0.717, 1.165) is 0 Å². The van der Waals surface area contributed by atoms with Gasteiger partial charge in [-0.15, -0.1) is 0 Å². The van der Waals surface area contributed by atoms with Gasteiger partial charge in [0.05, 0.1) is 31.5 Å². The van der Waals surface area contributed by atoms with Crippen LogP contribution in [0.4, 0.5) is 0 Å². The predicted octanol–water partition coefficient (Wildman–Crippen LogP) is -2.16. The standard InChI is InChI=1S/C16H33N3O6/c1-4-11(22)5-13(23)12(17)6-14(24)19-15(9(2)3)16(25)18-10(7-20)8-21/h9-13,15,20-23H,4-8,17H2,1-3H3,(H,18,25)(H,19,24). The third-order valence-electron chi connectivity index (χ3n) is 3.95. The number of aliphatic hydroxyl groups is 4. The summed E-state index contributed by atoms with van der Waals surface area (Å²) in [4.78, 5) is 24.3. The minimum atomic E-state index is -1.03. The van der Waals surface area contributed by atoms with Gasteiger partial charge in [-0.1, -0.05) is 20.8 Å². The van der Waals surface area contributed by atoms with Crippen molar-refractivity contribution in [2.75, 3.05) is 13.2 Å². The fourth-order valence-electron chi connectivity index (χ4n) is 2.18. The molecular weight excluding hydrogens is 330 g/mol. The fourth-order valence-corrected chi connectivity index (χ4v) is 2.18. The first-order valence-electron chi connectivity index (χ1n) is 8.59. The fraction of sp³-hybridized carbons (Fsp3) is 0.875. The van der Waals surface area contributed by atoms with Crippen LogP contribution in [-0.4, -0.2) is 75.8 Å². The van der Waals surface area contributed by atoms with Crippen LogP contribution < -0.4 is 16.4 Å². The minimum absolute atomic E-state index is 0.0771. The Balaban J connectivity index is 4.66. The quantitative estimate of drug-likeness (QED) is 0.207. The summed E-state index contributed by atoms with van der Waals surface area (Å²) in [5, 5.41) is 42.5. The van der Waals surface area contributed by atoms with Gasteiger partial charge < -0.3 is 36.8 Å². The third kappa shape index (κ3) is 9.13. The molecule has 0 radical (unpaired) electrons. The molecule has 0 bridgehead atoms. The Morgan fingerprint density at radius 1 is 1.08 bits per heavy atom. The van der Waals surface area contributed by atoms with E-state index in [-0.39, 0.29) is 18.8 Å². The van der Waals surface area contributed by atoms with Crippen molar-refractivity contribution in [1.29, 1.82) is 0 Å². The predicted molar refractivity (Wildman–Crippen MR) is 92.4 cm³/mol. The van der Waals surface area contributed by atoms with Crippen molar-refractivity contribution in [3.8, 4) is 0 Å². The first-order chi connectivity index (χ1) is 11.7. The Labute approximate surface area is 148 Å². The lowest BCUT2D eigenvalue weighted by Crippen LogP contribution is -2.54. The van der Waals surface area contributed by atoms with E-state index in [0.29, 0.717) is 6.42 Å². The minimum Gasteiger partial charge on any atom is -0.394 e. The van der Waals surface area contributed by atoms with E-state index in [1.165, 1.54) is 0 Å². The normalized spacial score (nSPS) is 16.4. The molecular formula is C16H33N3O6. The smallest absolute Gasteiger partial charge is 0.243 e. The van der Waals surface area contributed by atoms with Crippen molar-refractivity contribution >= 4 is 11.8 Å². The maximum absolute atomic E-state index is 12.2. The summed E-state index contributed by atoms with van der Waals surface area (Å²) >= 11 is 0. The number of nitrogens with two attached hydrogens (primary N) is 1. The lowest BCUT2D eigenvalue weighted by molar-refractivity contribution is -0.131. The molecule has 0 aliphatic carbocycles. The summed E-state index contributed by atoms with van der Waals surface area (Å²) < 4.78 is 0. The average molecular weight is 363 g/mol. The zero-order valence-electron chi connectivity index (χ0n) is 15.2. The molecule has 0 saturated carbocycles. The van der Waals surface area contributed by atoms with E-state index in [9.17, 15) is 19.8 Å². The molecule has 148 valence electrons. The summed E-state index contributed by atoms with van der Waals surface area (Å²) in [6.45, 7) is 4.41. The maximum Gasteiger partial charge on any atom is 0.243 e. The lowest BCUT2D eigenvalue weighted by Gasteiger charge is -2.25. The van der Waals surface area contributed by atoms with Crippen LogP contribution in [0.5, 0.6) is 0 Å². The van der Waals surface area contributed by atoms with Gasteiger partial charge in [-0.3, -0.25) is 9.59 Å². The highest BCUT2D eigenvalue weighted by Crippen LogP contribution is 2.08. The number of nitrogens with one attached hydrogen (secondary N) is 2. The summed E-state index contributed by atoms with van der Waals surface area (Å²) in [6, 6.07) is -2.52. The number of carbonyl (C=O) groups is 2. The van der Waals surface area contributed by atoms with Crippen LogP contribution in [-0.2, 0) is 9.59 Å². The van der Waals surface area contributed by atoms with Crippen LogP contribution in [0.15, 0.2) is 0 Å². The number of rotatable bonds is 12. The third-order valence-corrected chi connectivity index (χ3v) is 3.95. The topological polar surface area (TPSA) is 165 Å². The van der Waals surface area contributed by atoms with Gasteiger partial charge in [0.1, 0.15) is 6.04 Å². The molecule has 4 unspecified atom stereocenters. The molecule has 0 aromatic heterocycles. The summed E-state index contributed by atoms with van der Waals surface area (Å²) in [5.74, 6) is -1.26. The molecule has 4 atom stereocenters. The van der Waals surface area contributed by atoms with Gasteiger partial charge in [-0.2, -0.15) is 0 Å². The van der Waals surface area contributed by atoms with Crippen molar-refractivity contribution in [3.05, 3.63) is 0 Å². The zero-order chi connectivity index (χ0) is 19.6. The second-order valence-electron chi connectivity index (χ2n) is 6.59. The van der Waals surface area contributed by atoms with Crippen molar-refractivity contribution in [3.63, 3.8) is 0 Å². The molecule has 9 heteroatoms. The van der Waals surface area contributed by atoms with E-state index in [1.54, 1.807) is 20.8 Å². The number of amides is 2. The van der Waals surface area contributed by atoms with E-state index in [4.69, 9.17) is 15.9 Å². The lowest BCUT2D eigenvalue weighted by atomic mass is 9.99. The van der Waals surface area contributed by atoms with Crippen LogP contribution in [0.1, 0.15) is 40.0 Å². The summed E-state index contributed by atoms with van der Waals surface area (Å²) in [7, 11) is 0. The molecule has 8 N–H and O–H groups in total. The Morgan fingerprint density at radius 3 is 2.08 bits per heavy atom. The maximum atomic E-state index is 12.2. The highest BCUT2D eigenvalue weighted by Gasteiger charge is 2.27. The van der Waals surface area contributed by atoms with Crippen molar-refractivity contribution < 1.29 is 30.0 Å².